The van der Waals surface area contributed by atoms with Crippen LogP contribution in [0.1, 0.15) is 13.8 Å². The maximum atomic E-state index is 9.44. The third kappa shape index (κ3) is 6.88. The average molecular weight is 62.1 g/mol. The summed E-state index contributed by atoms with van der Waals surface area (Å²) in [6, 6.07) is 0. The van der Waals surface area contributed by atoms with Crippen LogP contribution >= 0.6 is 0 Å². The number of carbonyl (C=O) groups is 1. The van der Waals surface area contributed by atoms with E-state index in [1.165, 1.54) is 13.8 Å². The lowest BCUT2D eigenvalue weighted by Crippen LogP contribution is -1.69. The van der Waals surface area contributed by atoms with E-state index in [-0.39, 0.29) is 5.78 Å². The van der Waals surface area contributed by atoms with Crippen molar-refractivity contribution >= 4 is 5.78 Å². The third-order valence-electron chi connectivity index (χ3n) is 0. The van der Waals surface area contributed by atoms with Gasteiger partial charge in [-0.2, -0.15) is 0 Å². The van der Waals surface area contributed by atoms with Crippen molar-refractivity contribution < 1.29 is 4.79 Å². The number of carbonyl (C=O) groups excluding carboxylic acids is 1. The number of Topliss-reactive ketones (excluding diaryl/α,β-unsaturated/α-hetero) is 1. The van der Waals surface area contributed by atoms with Gasteiger partial charge in [-0.25, -0.2) is 0 Å². The Morgan fingerprint density at radius 3 is 1.50 bits per heavy atom. The molecule has 0 aromatic heterocycles. The SMILES string of the molecule is [14CH3]C([14CH3])=O. The minimum absolute atomic E-state index is 0.167. The van der Waals surface area contributed by atoms with Crippen molar-refractivity contribution in [2.75, 3.05) is 0 Å². The second kappa shape index (κ2) is 1.04. The summed E-state index contributed by atoms with van der Waals surface area (Å²) >= 11 is 0. The lowest BCUT2D eigenvalue weighted by molar-refractivity contribution is -0.114. The summed E-state index contributed by atoms with van der Waals surface area (Å²) in [5, 5.41) is 0. The predicted octanol–water partition coefficient (Wildman–Crippen LogP) is 0.595. The molecule has 0 aliphatic carbocycles. The standard InChI is InChI=1S/C3H6O/c1-3(2)4/h1-2H3/i1+2,2+2. The molecule has 0 spiro atoms. The monoisotopic (exact) mass is 62.0 g/mol. The first-order valence-corrected chi connectivity index (χ1v) is 1.20. The van der Waals surface area contributed by atoms with E-state index in [2.05, 4.69) is 0 Å². The van der Waals surface area contributed by atoms with E-state index in [1.54, 1.807) is 0 Å². The lowest BCUT2D eigenvalue weighted by Gasteiger charge is -1.56. The Bertz CT molecular complexity index is 26.3. The van der Waals surface area contributed by atoms with E-state index < -0.39 is 0 Å². The van der Waals surface area contributed by atoms with Crippen LogP contribution in [-0.4, -0.2) is 5.78 Å². The van der Waals surface area contributed by atoms with Gasteiger partial charge in [0.1, 0.15) is 5.78 Å². The lowest BCUT2D eigenvalue weighted by atomic mass is 11.2. The van der Waals surface area contributed by atoms with E-state index in [4.69, 9.17) is 0 Å². The van der Waals surface area contributed by atoms with Crippen molar-refractivity contribution in [1.29, 1.82) is 0 Å². The van der Waals surface area contributed by atoms with Crippen molar-refractivity contribution in [3.63, 3.8) is 0 Å². The highest BCUT2D eigenvalue weighted by atomic mass is 16.2. The Hall–Kier alpha value is -0.330. The molecule has 0 aliphatic rings. The highest BCUT2D eigenvalue weighted by Gasteiger charge is 1.62. The van der Waals surface area contributed by atoms with Crippen LogP contribution in [0.25, 0.3) is 0 Å². The van der Waals surface area contributed by atoms with Gasteiger partial charge in [0.25, 0.3) is 0 Å². The van der Waals surface area contributed by atoms with Crippen LogP contribution < -0.4 is 0 Å². The van der Waals surface area contributed by atoms with Gasteiger partial charge in [0.15, 0.2) is 0 Å². The van der Waals surface area contributed by atoms with Gasteiger partial charge in [-0.05, 0) is 13.8 Å². The Morgan fingerprint density at radius 1 is 1.50 bits per heavy atom. The molecular weight excluding hydrogens is 56.0 g/mol. The molecular formula is C3H6O. The van der Waals surface area contributed by atoms with Crippen LogP contribution in [0.4, 0.5) is 0 Å². The molecule has 1 heteroatoms. The van der Waals surface area contributed by atoms with Gasteiger partial charge in [-0.3, -0.25) is 0 Å². The van der Waals surface area contributed by atoms with Crippen molar-refractivity contribution in [2.24, 2.45) is 0 Å². The molecule has 0 rings (SSSR count). The van der Waals surface area contributed by atoms with Crippen molar-refractivity contribution in [2.45, 2.75) is 13.8 Å². The molecule has 0 radical (unpaired) electrons. The highest BCUT2D eigenvalue weighted by molar-refractivity contribution is 5.72. The molecule has 4 heavy (non-hydrogen) atoms. The smallest absolute Gasteiger partial charge is 0.126 e. The molecule has 0 amide bonds. The summed E-state index contributed by atoms with van der Waals surface area (Å²) in [6.07, 6.45) is 0. The fourth-order valence-electron chi connectivity index (χ4n) is 0. The summed E-state index contributed by atoms with van der Waals surface area (Å²) in [5.41, 5.74) is 0. The molecule has 0 saturated carbocycles. The topological polar surface area (TPSA) is 17.1 Å². The number of hydrogen-bond acceptors (Lipinski definition) is 1. The van der Waals surface area contributed by atoms with Gasteiger partial charge in [-0.15, -0.1) is 0 Å². The third-order valence-corrected chi connectivity index (χ3v) is 0. The maximum Gasteiger partial charge on any atom is 0.126 e. The fourth-order valence-corrected chi connectivity index (χ4v) is 0. The van der Waals surface area contributed by atoms with Crippen LogP contribution in [0.5, 0.6) is 0 Å². The second-order valence-electron chi connectivity index (χ2n) is 0.908. The van der Waals surface area contributed by atoms with Crippen molar-refractivity contribution in [3.8, 4) is 0 Å². The van der Waals surface area contributed by atoms with Gasteiger partial charge < -0.3 is 4.79 Å². The zero-order valence-corrected chi connectivity index (χ0v) is 2.91. The number of ketones is 1. The Labute approximate surface area is 25.6 Å². The number of hydrogen-bond donors (Lipinski definition) is 0. The minimum Gasteiger partial charge on any atom is -0.300 e. The van der Waals surface area contributed by atoms with Gasteiger partial charge >= 0.3 is 0 Å². The van der Waals surface area contributed by atoms with E-state index in [0.717, 1.165) is 0 Å². The van der Waals surface area contributed by atoms with Gasteiger partial charge in [-0.1, -0.05) is 0 Å². The Morgan fingerprint density at radius 2 is 1.50 bits per heavy atom. The molecule has 0 N–H and O–H groups in total. The zero-order valence-electron chi connectivity index (χ0n) is 2.91. The Kier molecular flexibility index (Phi) is 0.958. The van der Waals surface area contributed by atoms with E-state index in [1.807, 2.05) is 0 Å². The predicted molar refractivity (Wildman–Crippen MR) is 16.4 cm³/mol. The molecule has 0 saturated heterocycles. The summed E-state index contributed by atoms with van der Waals surface area (Å²) in [4.78, 5) is 9.44. The molecule has 0 atom stereocenters. The average Bonchev–Trinajstić information content (AvgIpc) is 0.811. The van der Waals surface area contributed by atoms with Gasteiger partial charge in [0, 0.05) is 0 Å². The molecule has 0 unspecified atom stereocenters. The maximum absolute atomic E-state index is 9.44. The first-order chi connectivity index (χ1) is 1.73. The van der Waals surface area contributed by atoms with E-state index in [9.17, 15) is 4.79 Å². The molecule has 0 bridgehead atoms. The summed E-state index contributed by atoms with van der Waals surface area (Å²) in [5.74, 6) is 0.167. The second-order valence-corrected chi connectivity index (χ2v) is 0.908. The highest BCUT2D eigenvalue weighted by Crippen LogP contribution is 1.50. The molecule has 0 heterocycles. The Balaban J connectivity index is 2.80. The van der Waals surface area contributed by atoms with Crippen LogP contribution in [0.15, 0.2) is 0 Å². The fraction of sp³-hybridized carbons (Fsp3) is 0.667. The first-order valence-electron chi connectivity index (χ1n) is 1.20. The molecule has 1 nitrogen and oxygen atoms in total. The van der Waals surface area contributed by atoms with E-state index in [0.29, 0.717) is 0 Å². The molecule has 0 aromatic carbocycles. The quantitative estimate of drug-likeness (QED) is 0.401. The van der Waals surface area contributed by atoms with Crippen LogP contribution in [0, 0.1) is 0 Å². The molecule has 24 valence electrons. The molecule has 0 aliphatic heterocycles. The van der Waals surface area contributed by atoms with E-state index >= 15 is 0 Å². The summed E-state index contributed by atoms with van der Waals surface area (Å²) in [7, 11) is 0. The number of rotatable bonds is 0. The molecule has 0 aromatic rings. The van der Waals surface area contributed by atoms with Crippen LogP contribution in [-0.2, 0) is 4.79 Å². The minimum atomic E-state index is 0.167. The first kappa shape index (κ1) is 3.67. The summed E-state index contributed by atoms with van der Waals surface area (Å²) in [6.45, 7) is 3.06. The van der Waals surface area contributed by atoms with Gasteiger partial charge in [0.2, 0.25) is 0 Å². The van der Waals surface area contributed by atoms with Gasteiger partial charge in [0.05, 0.1) is 0 Å². The van der Waals surface area contributed by atoms with Crippen LogP contribution in [0.2, 0.25) is 0 Å². The normalized spacial score (nSPS) is 6.50. The molecule has 0 fully saturated rings. The van der Waals surface area contributed by atoms with Crippen molar-refractivity contribution in [3.05, 3.63) is 0 Å². The van der Waals surface area contributed by atoms with Crippen molar-refractivity contribution in [1.82, 2.24) is 0 Å². The largest absolute Gasteiger partial charge is 0.300 e. The zero-order chi connectivity index (χ0) is 3.58. The summed E-state index contributed by atoms with van der Waals surface area (Å²) < 4.78 is 0. The van der Waals surface area contributed by atoms with Crippen LogP contribution in [0.3, 0.4) is 0 Å².